The van der Waals surface area contributed by atoms with Crippen molar-refractivity contribution >= 4 is 22.7 Å². The number of aliphatic hydroxyl groups excluding tert-OH is 2. The zero-order valence-electron chi connectivity index (χ0n) is 9.96. The fraction of sp³-hybridized carbons (Fsp3) is 0.333. The first-order valence-electron chi connectivity index (χ1n) is 5.35. The van der Waals surface area contributed by atoms with Gasteiger partial charge >= 0.3 is 0 Å². The van der Waals surface area contributed by atoms with Crippen LogP contribution in [-0.4, -0.2) is 33.0 Å². The summed E-state index contributed by atoms with van der Waals surface area (Å²) in [7, 11) is 0. The molecule has 0 bridgehead atoms. The van der Waals surface area contributed by atoms with Crippen molar-refractivity contribution in [2.24, 2.45) is 5.73 Å². The molecule has 1 aromatic carbocycles. The van der Waals surface area contributed by atoms with E-state index in [2.05, 4.69) is 0 Å². The molecular formula is C12H16N2O3S. The van der Waals surface area contributed by atoms with Gasteiger partial charge < -0.3 is 15.9 Å². The topological polar surface area (TPSA) is 107 Å². The molecule has 98 valence electrons. The lowest BCUT2D eigenvalue weighted by Gasteiger charge is -2.17. The lowest BCUT2D eigenvalue weighted by atomic mass is 10.0. The third-order valence-corrected chi connectivity index (χ3v) is 3.28. The summed E-state index contributed by atoms with van der Waals surface area (Å²) in [6, 6.07) is 6.49. The first-order chi connectivity index (χ1) is 8.41. The highest BCUT2D eigenvalue weighted by Crippen LogP contribution is 2.21. The van der Waals surface area contributed by atoms with E-state index in [-0.39, 0.29) is 16.7 Å². The van der Waals surface area contributed by atoms with Gasteiger partial charge in [-0.2, -0.15) is 0 Å². The van der Waals surface area contributed by atoms with Crippen molar-refractivity contribution in [2.75, 3.05) is 5.75 Å². The molecule has 2 atom stereocenters. The van der Waals surface area contributed by atoms with E-state index in [1.165, 1.54) is 6.92 Å². The summed E-state index contributed by atoms with van der Waals surface area (Å²) in [5.74, 6) is 0.0255. The third-order valence-electron chi connectivity index (χ3n) is 2.36. The van der Waals surface area contributed by atoms with Crippen molar-refractivity contribution in [1.29, 1.82) is 5.41 Å². The van der Waals surface area contributed by atoms with Crippen LogP contribution in [0.15, 0.2) is 24.3 Å². The van der Waals surface area contributed by atoms with Gasteiger partial charge in [-0.15, -0.1) is 0 Å². The molecule has 6 heteroatoms. The SMILES string of the molecule is CC(=O)SCC(O)C(O)c1cccc(C(=N)N)c1. The Hall–Kier alpha value is -1.37. The van der Waals surface area contributed by atoms with Crippen LogP contribution >= 0.6 is 11.8 Å². The van der Waals surface area contributed by atoms with Crippen molar-refractivity contribution in [3.8, 4) is 0 Å². The summed E-state index contributed by atoms with van der Waals surface area (Å²) in [5, 5.41) is 26.9. The number of carbonyl (C=O) groups is 1. The van der Waals surface area contributed by atoms with Crippen molar-refractivity contribution < 1.29 is 15.0 Å². The minimum absolute atomic E-state index is 0.100. The van der Waals surface area contributed by atoms with Crippen LogP contribution < -0.4 is 5.73 Å². The van der Waals surface area contributed by atoms with Crippen molar-refractivity contribution in [1.82, 2.24) is 0 Å². The van der Waals surface area contributed by atoms with Crippen LogP contribution in [0.5, 0.6) is 0 Å². The van der Waals surface area contributed by atoms with Gasteiger partial charge in [-0.3, -0.25) is 10.2 Å². The van der Waals surface area contributed by atoms with Crippen LogP contribution in [0.3, 0.4) is 0 Å². The van der Waals surface area contributed by atoms with E-state index >= 15 is 0 Å². The smallest absolute Gasteiger partial charge is 0.185 e. The Morgan fingerprint density at radius 3 is 2.72 bits per heavy atom. The van der Waals surface area contributed by atoms with Crippen LogP contribution in [0.4, 0.5) is 0 Å². The lowest BCUT2D eigenvalue weighted by molar-refractivity contribution is -0.109. The number of thioether (sulfide) groups is 1. The zero-order chi connectivity index (χ0) is 13.7. The number of hydrogen-bond acceptors (Lipinski definition) is 5. The lowest BCUT2D eigenvalue weighted by Crippen LogP contribution is -2.22. The Morgan fingerprint density at radius 2 is 2.17 bits per heavy atom. The van der Waals surface area contributed by atoms with Crippen molar-refractivity contribution in [2.45, 2.75) is 19.1 Å². The standard InChI is InChI=1S/C12H16N2O3S/c1-7(15)18-6-10(16)11(17)8-3-2-4-9(5-8)12(13)14/h2-5,10-11,16-17H,6H2,1H3,(H3,13,14). The second-order valence-corrected chi connectivity index (χ2v) is 5.05. The molecule has 1 aromatic rings. The molecule has 1 rings (SSSR count). The fourth-order valence-corrected chi connectivity index (χ4v) is 1.99. The molecule has 0 aliphatic rings. The summed E-state index contributed by atoms with van der Waals surface area (Å²) in [5.41, 5.74) is 6.30. The maximum absolute atomic E-state index is 10.8. The van der Waals surface area contributed by atoms with Gasteiger partial charge in [0.05, 0.1) is 6.10 Å². The Kier molecular flexibility index (Phi) is 5.33. The van der Waals surface area contributed by atoms with Gasteiger partial charge in [0.25, 0.3) is 0 Å². The predicted octanol–water partition coefficient (Wildman–Crippen LogP) is 0.645. The number of nitrogens with one attached hydrogen (secondary N) is 1. The van der Waals surface area contributed by atoms with E-state index in [1.807, 2.05) is 0 Å². The molecule has 0 radical (unpaired) electrons. The number of benzene rings is 1. The molecule has 0 saturated heterocycles. The molecule has 5 N–H and O–H groups in total. The average molecular weight is 268 g/mol. The van der Waals surface area contributed by atoms with E-state index in [0.717, 1.165) is 11.8 Å². The molecular weight excluding hydrogens is 252 g/mol. The first-order valence-corrected chi connectivity index (χ1v) is 6.34. The Morgan fingerprint density at radius 1 is 1.50 bits per heavy atom. The first kappa shape index (κ1) is 14.7. The van der Waals surface area contributed by atoms with E-state index in [9.17, 15) is 15.0 Å². The summed E-state index contributed by atoms with van der Waals surface area (Å²) < 4.78 is 0. The number of carbonyl (C=O) groups excluding carboxylic acids is 1. The number of amidine groups is 1. The number of rotatable bonds is 5. The summed E-state index contributed by atoms with van der Waals surface area (Å²) in [6.45, 7) is 1.40. The van der Waals surface area contributed by atoms with Crippen LogP contribution in [0.1, 0.15) is 24.2 Å². The molecule has 0 spiro atoms. The monoisotopic (exact) mass is 268 g/mol. The number of nitrogen functional groups attached to an aromatic ring is 1. The molecule has 18 heavy (non-hydrogen) atoms. The third kappa shape index (κ3) is 4.14. The Balaban J connectivity index is 2.76. The molecule has 2 unspecified atom stereocenters. The molecule has 5 nitrogen and oxygen atoms in total. The molecule has 0 saturated carbocycles. The largest absolute Gasteiger partial charge is 0.389 e. The van der Waals surface area contributed by atoms with Gasteiger partial charge in [0.15, 0.2) is 5.12 Å². The van der Waals surface area contributed by atoms with Crippen LogP contribution in [-0.2, 0) is 4.79 Å². The number of hydrogen-bond donors (Lipinski definition) is 4. The fourth-order valence-electron chi connectivity index (χ4n) is 1.41. The van der Waals surface area contributed by atoms with Gasteiger partial charge in [-0.1, -0.05) is 30.0 Å². The summed E-state index contributed by atoms with van der Waals surface area (Å²) in [6.07, 6.45) is -2.14. The van der Waals surface area contributed by atoms with Gasteiger partial charge in [-0.25, -0.2) is 0 Å². The van der Waals surface area contributed by atoms with Gasteiger partial charge in [0, 0.05) is 18.2 Å². The number of aliphatic hydroxyl groups is 2. The van der Waals surface area contributed by atoms with Crippen LogP contribution in [0.25, 0.3) is 0 Å². The van der Waals surface area contributed by atoms with Crippen molar-refractivity contribution in [3.05, 3.63) is 35.4 Å². The minimum Gasteiger partial charge on any atom is -0.389 e. The Labute approximate surface area is 110 Å². The molecule has 0 heterocycles. The highest BCUT2D eigenvalue weighted by atomic mass is 32.2. The summed E-state index contributed by atoms with van der Waals surface area (Å²) >= 11 is 0.957. The van der Waals surface area contributed by atoms with E-state index in [1.54, 1.807) is 24.3 Å². The summed E-state index contributed by atoms with van der Waals surface area (Å²) in [4.78, 5) is 10.8. The molecule has 0 amide bonds. The van der Waals surface area contributed by atoms with Gasteiger partial charge in [-0.05, 0) is 11.6 Å². The zero-order valence-corrected chi connectivity index (χ0v) is 10.8. The van der Waals surface area contributed by atoms with Crippen LogP contribution in [0, 0.1) is 5.41 Å². The molecule has 0 aliphatic carbocycles. The normalized spacial score (nSPS) is 13.9. The van der Waals surface area contributed by atoms with Gasteiger partial charge in [0.2, 0.25) is 0 Å². The Bertz CT molecular complexity index is 451. The highest BCUT2D eigenvalue weighted by Gasteiger charge is 2.19. The van der Waals surface area contributed by atoms with E-state index < -0.39 is 12.2 Å². The van der Waals surface area contributed by atoms with Gasteiger partial charge in [0.1, 0.15) is 11.9 Å². The predicted molar refractivity (Wildman–Crippen MR) is 71.6 cm³/mol. The average Bonchev–Trinajstić information content (AvgIpc) is 2.35. The van der Waals surface area contributed by atoms with E-state index in [4.69, 9.17) is 11.1 Å². The molecule has 0 aromatic heterocycles. The van der Waals surface area contributed by atoms with Crippen molar-refractivity contribution in [3.63, 3.8) is 0 Å². The van der Waals surface area contributed by atoms with Crippen LogP contribution in [0.2, 0.25) is 0 Å². The molecule has 0 fully saturated rings. The maximum Gasteiger partial charge on any atom is 0.185 e. The number of nitrogens with two attached hydrogens (primary N) is 1. The highest BCUT2D eigenvalue weighted by molar-refractivity contribution is 8.13. The second kappa shape index (κ2) is 6.53. The van der Waals surface area contributed by atoms with E-state index in [0.29, 0.717) is 11.1 Å². The second-order valence-electron chi connectivity index (χ2n) is 3.85. The molecule has 0 aliphatic heterocycles. The quantitative estimate of drug-likeness (QED) is 0.463. The maximum atomic E-state index is 10.8. The minimum atomic E-state index is -1.10.